The van der Waals surface area contributed by atoms with Crippen LogP contribution in [-0.4, -0.2) is 5.91 Å². The van der Waals surface area contributed by atoms with Gasteiger partial charge >= 0.3 is 0 Å². The van der Waals surface area contributed by atoms with Crippen LogP contribution in [0.3, 0.4) is 0 Å². The predicted molar refractivity (Wildman–Crippen MR) is 68.5 cm³/mol. The Morgan fingerprint density at radius 2 is 1.50 bits per heavy atom. The van der Waals surface area contributed by atoms with Gasteiger partial charge in [0.25, 0.3) is 0 Å². The van der Waals surface area contributed by atoms with Crippen LogP contribution in [0.2, 0.25) is 0 Å². The zero-order chi connectivity index (χ0) is 12.9. The molecular formula is C13H26N2O. The maximum atomic E-state index is 11.6. The van der Waals surface area contributed by atoms with Crippen molar-refractivity contribution in [1.82, 2.24) is 0 Å². The van der Waals surface area contributed by atoms with Gasteiger partial charge in [0.15, 0.2) is 0 Å². The average molecular weight is 226 g/mol. The lowest BCUT2D eigenvalue weighted by Gasteiger charge is -2.27. The molecule has 0 aromatic heterocycles. The summed E-state index contributed by atoms with van der Waals surface area (Å²) < 4.78 is 0. The summed E-state index contributed by atoms with van der Waals surface area (Å²) in [5.74, 6) is 0.540. The molecule has 0 aromatic carbocycles. The predicted octanol–water partition coefficient (Wildman–Crippen LogP) is 2.41. The first-order valence-corrected chi connectivity index (χ1v) is 6.11. The first-order chi connectivity index (χ1) is 7.32. The zero-order valence-electron chi connectivity index (χ0n) is 11.2. The van der Waals surface area contributed by atoms with Crippen molar-refractivity contribution in [3.8, 4) is 0 Å². The maximum Gasteiger partial charge on any atom is 0.246 e. The van der Waals surface area contributed by atoms with Crippen LogP contribution < -0.4 is 11.5 Å². The number of amides is 1. The lowest BCUT2D eigenvalue weighted by Crippen LogP contribution is -2.30. The largest absolute Gasteiger partial charge is 0.402 e. The Balaban J connectivity index is 5.31. The SMILES string of the molecule is CCC/C(N)=C(\C(N)=O)C(C(C)C)C(C)C. The fourth-order valence-corrected chi connectivity index (χ4v) is 2.38. The highest BCUT2D eigenvalue weighted by atomic mass is 16.1. The topological polar surface area (TPSA) is 69.1 Å². The van der Waals surface area contributed by atoms with Crippen molar-refractivity contribution >= 4 is 5.91 Å². The van der Waals surface area contributed by atoms with Gasteiger partial charge in [-0.2, -0.15) is 0 Å². The summed E-state index contributed by atoms with van der Waals surface area (Å²) in [6.07, 6.45) is 1.68. The fraction of sp³-hybridized carbons (Fsp3) is 0.769. The van der Waals surface area contributed by atoms with Crippen molar-refractivity contribution in [2.75, 3.05) is 0 Å². The molecule has 3 nitrogen and oxygen atoms in total. The highest BCUT2D eigenvalue weighted by molar-refractivity contribution is 5.93. The van der Waals surface area contributed by atoms with Gasteiger partial charge in [0.2, 0.25) is 5.91 Å². The Morgan fingerprint density at radius 3 is 1.75 bits per heavy atom. The van der Waals surface area contributed by atoms with Gasteiger partial charge in [-0.3, -0.25) is 4.79 Å². The van der Waals surface area contributed by atoms with Gasteiger partial charge < -0.3 is 11.5 Å². The molecule has 0 fully saturated rings. The number of carbonyl (C=O) groups is 1. The third-order valence-electron chi connectivity index (χ3n) is 2.90. The second-order valence-electron chi connectivity index (χ2n) is 5.07. The van der Waals surface area contributed by atoms with Gasteiger partial charge in [-0.15, -0.1) is 0 Å². The zero-order valence-corrected chi connectivity index (χ0v) is 11.2. The molecule has 0 saturated heterocycles. The minimum absolute atomic E-state index is 0.157. The van der Waals surface area contributed by atoms with Crippen LogP contribution in [0.5, 0.6) is 0 Å². The number of hydrogen-bond donors (Lipinski definition) is 2. The Morgan fingerprint density at radius 1 is 1.06 bits per heavy atom. The van der Waals surface area contributed by atoms with Crippen LogP contribution in [0, 0.1) is 17.8 Å². The monoisotopic (exact) mass is 226 g/mol. The minimum atomic E-state index is -0.363. The molecule has 0 rings (SSSR count). The van der Waals surface area contributed by atoms with E-state index in [1.807, 2.05) is 6.92 Å². The van der Waals surface area contributed by atoms with Crippen LogP contribution >= 0.6 is 0 Å². The van der Waals surface area contributed by atoms with Crippen LogP contribution in [0.4, 0.5) is 0 Å². The van der Waals surface area contributed by atoms with E-state index in [4.69, 9.17) is 11.5 Å². The number of carbonyl (C=O) groups excluding carboxylic acids is 1. The van der Waals surface area contributed by atoms with Crippen LogP contribution in [-0.2, 0) is 4.79 Å². The first kappa shape index (κ1) is 15.0. The molecule has 1 amide bonds. The normalized spacial score (nSPS) is 13.5. The van der Waals surface area contributed by atoms with Gasteiger partial charge in [-0.05, 0) is 24.2 Å². The molecule has 0 atom stereocenters. The number of nitrogens with two attached hydrogens (primary N) is 2. The van der Waals surface area contributed by atoms with Gasteiger partial charge in [0, 0.05) is 11.3 Å². The molecule has 0 aromatic rings. The summed E-state index contributed by atoms with van der Waals surface area (Å²) in [6.45, 7) is 10.5. The highest BCUT2D eigenvalue weighted by Crippen LogP contribution is 2.30. The molecule has 0 radical (unpaired) electrons. The third kappa shape index (κ3) is 3.87. The molecule has 16 heavy (non-hydrogen) atoms. The van der Waals surface area contributed by atoms with E-state index < -0.39 is 0 Å². The molecule has 0 spiro atoms. The second kappa shape index (κ2) is 6.56. The van der Waals surface area contributed by atoms with Crippen molar-refractivity contribution < 1.29 is 4.79 Å². The average Bonchev–Trinajstić information content (AvgIpc) is 2.11. The lowest BCUT2D eigenvalue weighted by atomic mass is 9.78. The number of primary amides is 1. The summed E-state index contributed by atoms with van der Waals surface area (Å²) in [5, 5.41) is 0. The standard InChI is InChI=1S/C13H26N2O/c1-6-7-10(14)12(13(15)16)11(8(2)3)9(4)5/h8-9,11H,6-7,14H2,1-5H3,(H2,15,16)/b12-10+. The molecule has 3 heteroatoms. The number of hydrogen-bond acceptors (Lipinski definition) is 2. The van der Waals surface area contributed by atoms with Crippen LogP contribution in [0.15, 0.2) is 11.3 Å². The summed E-state index contributed by atoms with van der Waals surface area (Å²) in [7, 11) is 0. The van der Waals surface area contributed by atoms with Crippen molar-refractivity contribution in [2.45, 2.75) is 47.5 Å². The van der Waals surface area contributed by atoms with Gasteiger partial charge in [-0.1, -0.05) is 41.0 Å². The maximum absolute atomic E-state index is 11.6. The van der Waals surface area contributed by atoms with Gasteiger partial charge in [-0.25, -0.2) is 0 Å². The number of allylic oxidation sites excluding steroid dienone is 1. The van der Waals surface area contributed by atoms with Crippen molar-refractivity contribution in [3.05, 3.63) is 11.3 Å². The molecule has 0 aliphatic rings. The molecule has 0 bridgehead atoms. The van der Waals surface area contributed by atoms with Crippen molar-refractivity contribution in [2.24, 2.45) is 29.2 Å². The molecule has 0 saturated carbocycles. The lowest BCUT2D eigenvalue weighted by molar-refractivity contribution is -0.115. The molecule has 0 heterocycles. The van der Waals surface area contributed by atoms with E-state index in [9.17, 15) is 4.79 Å². The molecule has 4 N–H and O–H groups in total. The number of rotatable bonds is 6. The first-order valence-electron chi connectivity index (χ1n) is 6.11. The molecule has 0 aliphatic carbocycles. The summed E-state index contributed by atoms with van der Waals surface area (Å²) in [6, 6.07) is 0. The summed E-state index contributed by atoms with van der Waals surface area (Å²) >= 11 is 0. The Bertz CT molecular complexity index is 259. The summed E-state index contributed by atoms with van der Waals surface area (Å²) in [4.78, 5) is 11.6. The van der Waals surface area contributed by atoms with Crippen LogP contribution in [0.1, 0.15) is 47.5 Å². The van der Waals surface area contributed by atoms with E-state index in [0.29, 0.717) is 23.1 Å². The van der Waals surface area contributed by atoms with Gasteiger partial charge in [0.05, 0.1) is 0 Å². The van der Waals surface area contributed by atoms with E-state index >= 15 is 0 Å². The Labute approximate surface area is 99.3 Å². The van der Waals surface area contributed by atoms with E-state index in [1.54, 1.807) is 0 Å². The fourth-order valence-electron chi connectivity index (χ4n) is 2.38. The summed E-state index contributed by atoms with van der Waals surface area (Å²) in [5.41, 5.74) is 12.8. The van der Waals surface area contributed by atoms with Crippen molar-refractivity contribution in [3.63, 3.8) is 0 Å². The highest BCUT2D eigenvalue weighted by Gasteiger charge is 2.27. The van der Waals surface area contributed by atoms with Crippen LogP contribution in [0.25, 0.3) is 0 Å². The molecule has 0 aliphatic heterocycles. The molecule has 0 unspecified atom stereocenters. The quantitative estimate of drug-likeness (QED) is 0.683. The van der Waals surface area contributed by atoms with E-state index in [1.165, 1.54) is 0 Å². The smallest absolute Gasteiger partial charge is 0.246 e. The Hall–Kier alpha value is -0.990. The van der Waals surface area contributed by atoms with E-state index in [2.05, 4.69) is 27.7 Å². The molecular weight excluding hydrogens is 200 g/mol. The Kier molecular flexibility index (Phi) is 6.16. The van der Waals surface area contributed by atoms with Gasteiger partial charge in [0.1, 0.15) is 0 Å². The minimum Gasteiger partial charge on any atom is -0.402 e. The molecule has 94 valence electrons. The van der Waals surface area contributed by atoms with E-state index in [0.717, 1.165) is 12.8 Å². The van der Waals surface area contributed by atoms with E-state index in [-0.39, 0.29) is 11.8 Å². The van der Waals surface area contributed by atoms with Crippen molar-refractivity contribution in [1.29, 1.82) is 0 Å². The second-order valence-corrected chi connectivity index (χ2v) is 5.07. The third-order valence-corrected chi connectivity index (χ3v) is 2.90.